The van der Waals surface area contributed by atoms with Gasteiger partial charge >= 0.3 is 0 Å². The lowest BCUT2D eigenvalue weighted by Gasteiger charge is -2.29. The van der Waals surface area contributed by atoms with E-state index in [1.54, 1.807) is 6.07 Å². The molecule has 0 aliphatic heterocycles. The molecule has 1 saturated carbocycles. The summed E-state index contributed by atoms with van der Waals surface area (Å²) in [7, 11) is 0. The summed E-state index contributed by atoms with van der Waals surface area (Å²) in [6.07, 6.45) is 4.44. The Balaban J connectivity index is 1.37. The van der Waals surface area contributed by atoms with Gasteiger partial charge < -0.3 is 10.2 Å². The number of hydrogen-bond acceptors (Lipinski definition) is 2. The molecule has 2 nitrogen and oxygen atoms in total. The molecule has 174 valence electrons. The van der Waals surface area contributed by atoms with E-state index in [4.69, 9.17) is 0 Å². The van der Waals surface area contributed by atoms with Crippen molar-refractivity contribution in [3.63, 3.8) is 0 Å². The summed E-state index contributed by atoms with van der Waals surface area (Å²) >= 11 is 0. The van der Waals surface area contributed by atoms with Crippen LogP contribution in [0.2, 0.25) is 0 Å². The zero-order chi connectivity index (χ0) is 23.7. The number of phenols is 2. The molecule has 7 heteroatoms. The largest absolute Gasteiger partial charge is 0.505 e. The number of hydrogen-bond donors (Lipinski definition) is 2. The Kier molecular flexibility index (Phi) is 6.58. The van der Waals surface area contributed by atoms with Crippen molar-refractivity contribution in [2.45, 2.75) is 44.4 Å². The molecule has 0 aromatic heterocycles. The molecule has 0 unspecified atom stereocenters. The Morgan fingerprint density at radius 3 is 1.94 bits per heavy atom. The van der Waals surface area contributed by atoms with E-state index < -0.39 is 40.6 Å². The van der Waals surface area contributed by atoms with E-state index >= 15 is 0 Å². The third kappa shape index (κ3) is 4.68. The van der Waals surface area contributed by atoms with Crippen molar-refractivity contribution in [2.24, 2.45) is 5.92 Å². The quantitative estimate of drug-likeness (QED) is 0.389. The van der Waals surface area contributed by atoms with Gasteiger partial charge in [0.1, 0.15) is 5.82 Å². The van der Waals surface area contributed by atoms with E-state index in [1.807, 2.05) is 0 Å². The highest BCUT2D eigenvalue weighted by Crippen LogP contribution is 2.40. The number of benzene rings is 3. The zero-order valence-corrected chi connectivity index (χ0v) is 17.7. The van der Waals surface area contributed by atoms with Crippen LogP contribution in [0.4, 0.5) is 22.0 Å². The predicted octanol–water partition coefficient (Wildman–Crippen LogP) is 7.37. The molecular weight excluding hydrogens is 439 g/mol. The third-order valence-corrected chi connectivity index (χ3v) is 6.61. The molecule has 1 aliphatic rings. The van der Waals surface area contributed by atoms with E-state index in [0.717, 1.165) is 37.0 Å². The van der Waals surface area contributed by atoms with Crippen molar-refractivity contribution in [3.05, 3.63) is 82.7 Å². The lowest BCUT2D eigenvalue weighted by Crippen LogP contribution is -2.15. The summed E-state index contributed by atoms with van der Waals surface area (Å²) in [5.74, 6) is -6.86. The maximum atomic E-state index is 14.6. The number of rotatable bonds is 5. The van der Waals surface area contributed by atoms with Gasteiger partial charge in [-0.25, -0.2) is 13.2 Å². The van der Waals surface area contributed by atoms with E-state index in [0.29, 0.717) is 30.7 Å². The molecule has 0 heterocycles. The second kappa shape index (κ2) is 9.41. The standard InChI is InChI=1S/C26H23F5O2/c27-20-13-15(5-8-18(20)19-10-12-22(33)26(31)24(19)29)2-1-14-3-6-16(7-4-14)17-9-11-21(32)25(30)23(17)28/h5,8-14,16,32-33H,1-4,6-7H2. The van der Waals surface area contributed by atoms with Gasteiger partial charge in [-0.3, -0.25) is 0 Å². The predicted molar refractivity (Wildman–Crippen MR) is 114 cm³/mol. The fourth-order valence-electron chi connectivity index (χ4n) is 4.68. The summed E-state index contributed by atoms with van der Waals surface area (Å²) in [6.45, 7) is 0. The molecule has 1 fully saturated rings. The minimum atomic E-state index is -1.42. The molecule has 0 spiro atoms. The van der Waals surface area contributed by atoms with Gasteiger partial charge in [0.25, 0.3) is 0 Å². The van der Waals surface area contributed by atoms with Crippen molar-refractivity contribution in [2.75, 3.05) is 0 Å². The number of phenolic OH excluding ortho intramolecular Hbond substituents is 2. The smallest absolute Gasteiger partial charge is 0.200 e. The van der Waals surface area contributed by atoms with Gasteiger partial charge in [-0.1, -0.05) is 18.2 Å². The summed E-state index contributed by atoms with van der Waals surface area (Å²) in [5, 5.41) is 18.5. The highest BCUT2D eigenvalue weighted by molar-refractivity contribution is 5.66. The molecule has 1 aliphatic carbocycles. The van der Waals surface area contributed by atoms with Crippen LogP contribution < -0.4 is 0 Å². The van der Waals surface area contributed by atoms with Gasteiger partial charge in [-0.15, -0.1) is 0 Å². The molecule has 0 saturated heterocycles. The van der Waals surface area contributed by atoms with E-state index in [1.165, 1.54) is 24.3 Å². The molecule has 0 bridgehead atoms. The average Bonchev–Trinajstić information content (AvgIpc) is 2.81. The fraction of sp³-hybridized carbons (Fsp3) is 0.308. The Bertz CT molecular complexity index is 1170. The molecule has 0 amide bonds. The van der Waals surface area contributed by atoms with Gasteiger partial charge in [-0.2, -0.15) is 8.78 Å². The maximum Gasteiger partial charge on any atom is 0.200 e. The van der Waals surface area contributed by atoms with Crippen molar-refractivity contribution < 1.29 is 32.2 Å². The van der Waals surface area contributed by atoms with Crippen LogP contribution in [0.3, 0.4) is 0 Å². The molecule has 4 rings (SSSR count). The van der Waals surface area contributed by atoms with E-state index in [-0.39, 0.29) is 17.0 Å². The second-order valence-corrected chi connectivity index (χ2v) is 8.63. The van der Waals surface area contributed by atoms with Gasteiger partial charge in [0, 0.05) is 11.1 Å². The van der Waals surface area contributed by atoms with Crippen LogP contribution in [0.15, 0.2) is 42.5 Å². The first kappa shape index (κ1) is 23.1. The highest BCUT2D eigenvalue weighted by Gasteiger charge is 2.26. The van der Waals surface area contributed by atoms with Crippen LogP contribution in [0, 0.1) is 35.0 Å². The summed E-state index contributed by atoms with van der Waals surface area (Å²) in [5.41, 5.74) is 0.674. The maximum absolute atomic E-state index is 14.6. The van der Waals surface area contributed by atoms with Crippen molar-refractivity contribution >= 4 is 0 Å². The van der Waals surface area contributed by atoms with Crippen LogP contribution in [0.25, 0.3) is 11.1 Å². The first-order valence-corrected chi connectivity index (χ1v) is 10.9. The van der Waals surface area contributed by atoms with Crippen LogP contribution in [-0.4, -0.2) is 10.2 Å². The molecule has 0 atom stereocenters. The number of halogens is 5. The number of aromatic hydroxyl groups is 2. The normalized spacial score (nSPS) is 18.5. The Labute approximate surface area is 188 Å². The van der Waals surface area contributed by atoms with Crippen molar-refractivity contribution in [1.82, 2.24) is 0 Å². The summed E-state index contributed by atoms with van der Waals surface area (Å²) in [6, 6.07) is 9.10. The van der Waals surface area contributed by atoms with Gasteiger partial charge in [0.2, 0.25) is 11.6 Å². The monoisotopic (exact) mass is 462 g/mol. The lowest BCUT2D eigenvalue weighted by atomic mass is 9.76. The SMILES string of the molecule is Oc1ccc(-c2ccc(CCC3CCC(c4ccc(O)c(F)c4F)CC3)cc2F)c(F)c1F. The highest BCUT2D eigenvalue weighted by atomic mass is 19.2. The first-order chi connectivity index (χ1) is 15.8. The minimum absolute atomic E-state index is 0.0844. The van der Waals surface area contributed by atoms with E-state index in [2.05, 4.69) is 0 Å². The van der Waals surface area contributed by atoms with Crippen LogP contribution in [0.1, 0.15) is 49.1 Å². The molecule has 0 radical (unpaired) electrons. The van der Waals surface area contributed by atoms with Crippen LogP contribution in [0.5, 0.6) is 11.5 Å². The van der Waals surface area contributed by atoms with Gasteiger partial charge in [-0.05, 0) is 85.8 Å². The van der Waals surface area contributed by atoms with E-state index in [9.17, 15) is 32.2 Å². The Morgan fingerprint density at radius 2 is 1.27 bits per heavy atom. The van der Waals surface area contributed by atoms with Gasteiger partial charge in [0.15, 0.2) is 23.1 Å². The van der Waals surface area contributed by atoms with Crippen LogP contribution in [-0.2, 0) is 6.42 Å². The third-order valence-electron chi connectivity index (χ3n) is 6.61. The lowest BCUT2D eigenvalue weighted by molar-refractivity contribution is 0.303. The molecule has 2 N–H and O–H groups in total. The molecule has 33 heavy (non-hydrogen) atoms. The second-order valence-electron chi connectivity index (χ2n) is 8.63. The summed E-state index contributed by atoms with van der Waals surface area (Å²) < 4.78 is 70.1. The zero-order valence-electron chi connectivity index (χ0n) is 17.7. The van der Waals surface area contributed by atoms with Crippen molar-refractivity contribution in [3.8, 4) is 22.6 Å². The fourth-order valence-corrected chi connectivity index (χ4v) is 4.68. The topological polar surface area (TPSA) is 40.5 Å². The average molecular weight is 462 g/mol. The minimum Gasteiger partial charge on any atom is -0.505 e. The van der Waals surface area contributed by atoms with Gasteiger partial charge in [0.05, 0.1) is 0 Å². The molecular formula is C26H23F5O2. The Hall–Kier alpha value is -3.09. The first-order valence-electron chi connectivity index (χ1n) is 10.9. The van der Waals surface area contributed by atoms with Crippen LogP contribution >= 0.6 is 0 Å². The Morgan fingerprint density at radius 1 is 0.667 bits per heavy atom. The molecule has 3 aromatic carbocycles. The number of aryl methyl sites for hydroxylation is 1. The van der Waals surface area contributed by atoms with Crippen molar-refractivity contribution in [1.29, 1.82) is 0 Å². The summed E-state index contributed by atoms with van der Waals surface area (Å²) in [4.78, 5) is 0. The molecule has 3 aromatic rings.